The highest BCUT2D eigenvalue weighted by molar-refractivity contribution is 7.25. The molecule has 0 saturated carbocycles. The number of rotatable bonds is 12. The number of hydrogen-bond donors (Lipinski definition) is 0. The predicted molar refractivity (Wildman–Crippen MR) is 122 cm³/mol. The van der Waals surface area contributed by atoms with E-state index in [1.807, 2.05) is 22.7 Å². The molecule has 0 unspecified atom stereocenters. The van der Waals surface area contributed by atoms with Crippen LogP contribution in [0.5, 0.6) is 0 Å². The van der Waals surface area contributed by atoms with Gasteiger partial charge in [0.2, 0.25) is 0 Å². The Morgan fingerprint density at radius 3 is 1.59 bits per heavy atom. The van der Waals surface area contributed by atoms with Crippen LogP contribution in [0, 0.1) is 0 Å². The van der Waals surface area contributed by atoms with Gasteiger partial charge >= 0.3 is 0 Å². The molecule has 0 N–H and O–H groups in total. The Labute approximate surface area is 175 Å². The van der Waals surface area contributed by atoms with Gasteiger partial charge in [0.1, 0.15) is 0 Å². The van der Waals surface area contributed by atoms with Crippen molar-refractivity contribution in [2.45, 2.75) is 78.1 Å². The van der Waals surface area contributed by atoms with E-state index < -0.39 is 0 Å². The van der Waals surface area contributed by atoms with E-state index in [1.54, 1.807) is 11.3 Å². The molecule has 0 radical (unpaired) electrons. The summed E-state index contributed by atoms with van der Waals surface area (Å²) in [6.45, 7) is 4.53. The summed E-state index contributed by atoms with van der Waals surface area (Å²) in [6.07, 6.45) is 12.8. The predicted octanol–water partition coefficient (Wildman–Crippen LogP) is 8.24. The first-order valence-electron chi connectivity index (χ1n) is 10.3. The summed E-state index contributed by atoms with van der Waals surface area (Å²) < 4.78 is 0. The van der Waals surface area contributed by atoms with Crippen molar-refractivity contribution in [2.24, 2.45) is 0 Å². The standard InChI is InChI=1S/C22H30N2S3/c1-3-5-7-9-11-17-13-15-25-19(17)21-23-24-22(27-21)20-18(14-16-26-20)12-10-8-6-4-2/h13-16H,3-12H2,1-2H3. The van der Waals surface area contributed by atoms with E-state index >= 15 is 0 Å². The number of thiophene rings is 2. The Morgan fingerprint density at radius 2 is 1.15 bits per heavy atom. The van der Waals surface area contributed by atoms with Gasteiger partial charge in [0.05, 0.1) is 9.75 Å². The lowest BCUT2D eigenvalue weighted by Crippen LogP contribution is -1.86. The second-order valence-electron chi connectivity index (χ2n) is 7.08. The van der Waals surface area contributed by atoms with Crippen molar-refractivity contribution in [3.8, 4) is 19.8 Å². The smallest absolute Gasteiger partial charge is 0.141 e. The average Bonchev–Trinajstić information content (AvgIpc) is 3.42. The molecule has 0 aliphatic rings. The molecule has 0 bridgehead atoms. The fourth-order valence-corrected chi connectivity index (χ4v) is 6.33. The van der Waals surface area contributed by atoms with E-state index in [9.17, 15) is 0 Å². The summed E-state index contributed by atoms with van der Waals surface area (Å²) >= 11 is 5.39. The largest absolute Gasteiger partial charge is 0.158 e. The third-order valence-electron chi connectivity index (χ3n) is 4.91. The highest BCUT2D eigenvalue weighted by atomic mass is 32.1. The first kappa shape index (κ1) is 20.7. The molecule has 0 aromatic carbocycles. The lowest BCUT2D eigenvalue weighted by molar-refractivity contribution is 0.668. The first-order valence-corrected chi connectivity index (χ1v) is 12.9. The first-order chi connectivity index (χ1) is 13.3. The van der Waals surface area contributed by atoms with Gasteiger partial charge in [-0.15, -0.1) is 32.9 Å². The number of hydrogen-bond acceptors (Lipinski definition) is 5. The van der Waals surface area contributed by atoms with Gasteiger partial charge < -0.3 is 0 Å². The zero-order valence-electron chi connectivity index (χ0n) is 16.5. The van der Waals surface area contributed by atoms with Crippen molar-refractivity contribution >= 4 is 34.0 Å². The van der Waals surface area contributed by atoms with Gasteiger partial charge in [-0.25, -0.2) is 0 Å². The molecule has 0 aliphatic heterocycles. The second kappa shape index (κ2) is 11.1. The van der Waals surface area contributed by atoms with Crippen LogP contribution in [-0.2, 0) is 12.8 Å². The summed E-state index contributed by atoms with van der Waals surface area (Å²) in [5.41, 5.74) is 2.90. The Morgan fingerprint density at radius 1 is 0.667 bits per heavy atom. The fraction of sp³-hybridized carbons (Fsp3) is 0.545. The summed E-state index contributed by atoms with van der Waals surface area (Å²) in [6, 6.07) is 4.55. The van der Waals surface area contributed by atoms with Gasteiger partial charge in [-0.3, -0.25) is 0 Å². The molecule has 3 heterocycles. The van der Waals surface area contributed by atoms with E-state index in [1.165, 1.54) is 72.2 Å². The van der Waals surface area contributed by atoms with Crippen molar-refractivity contribution in [1.29, 1.82) is 0 Å². The molecule has 3 aromatic heterocycles. The van der Waals surface area contributed by atoms with E-state index in [0.29, 0.717) is 0 Å². The molecule has 3 rings (SSSR count). The number of unbranched alkanes of at least 4 members (excludes halogenated alkanes) is 6. The molecule has 0 saturated heterocycles. The Kier molecular flexibility index (Phi) is 8.49. The van der Waals surface area contributed by atoms with E-state index in [4.69, 9.17) is 0 Å². The van der Waals surface area contributed by atoms with E-state index in [0.717, 1.165) is 22.9 Å². The maximum atomic E-state index is 4.56. The minimum atomic E-state index is 1.09. The lowest BCUT2D eigenvalue weighted by Gasteiger charge is -2.01. The molecule has 2 nitrogen and oxygen atoms in total. The van der Waals surface area contributed by atoms with E-state index in [-0.39, 0.29) is 0 Å². The van der Waals surface area contributed by atoms with Gasteiger partial charge in [-0.05, 0) is 59.7 Å². The summed E-state index contributed by atoms with van der Waals surface area (Å²) in [5.74, 6) is 0. The maximum Gasteiger partial charge on any atom is 0.158 e. The van der Waals surface area contributed by atoms with Crippen molar-refractivity contribution < 1.29 is 0 Å². The van der Waals surface area contributed by atoms with Crippen LogP contribution < -0.4 is 0 Å². The van der Waals surface area contributed by atoms with E-state index in [2.05, 4.69) is 46.9 Å². The molecule has 5 heteroatoms. The zero-order chi connectivity index (χ0) is 18.9. The van der Waals surface area contributed by atoms with Crippen LogP contribution in [-0.4, -0.2) is 10.2 Å². The third kappa shape index (κ3) is 5.72. The van der Waals surface area contributed by atoms with Crippen LogP contribution in [0.4, 0.5) is 0 Å². The van der Waals surface area contributed by atoms with Crippen LogP contribution >= 0.6 is 34.0 Å². The average molecular weight is 419 g/mol. The van der Waals surface area contributed by atoms with Gasteiger partial charge in [0, 0.05) is 0 Å². The van der Waals surface area contributed by atoms with Crippen LogP contribution in [0.25, 0.3) is 19.8 Å². The molecule has 146 valence electrons. The normalized spacial score (nSPS) is 11.3. The second-order valence-corrected chi connectivity index (χ2v) is 9.89. The van der Waals surface area contributed by atoms with Crippen molar-refractivity contribution in [1.82, 2.24) is 10.2 Å². The minimum absolute atomic E-state index is 1.09. The third-order valence-corrected chi connectivity index (χ3v) is 8.05. The molecular formula is C22H30N2S3. The minimum Gasteiger partial charge on any atom is -0.141 e. The van der Waals surface area contributed by atoms with Gasteiger partial charge in [0.25, 0.3) is 0 Å². The van der Waals surface area contributed by atoms with Crippen LogP contribution in [0.3, 0.4) is 0 Å². The van der Waals surface area contributed by atoms with Crippen molar-refractivity contribution in [3.05, 3.63) is 34.0 Å². The maximum absolute atomic E-state index is 4.56. The quantitative estimate of drug-likeness (QED) is 0.277. The van der Waals surface area contributed by atoms with Crippen molar-refractivity contribution in [2.75, 3.05) is 0 Å². The lowest BCUT2D eigenvalue weighted by atomic mass is 10.1. The fourth-order valence-electron chi connectivity index (χ4n) is 3.33. The molecule has 3 aromatic rings. The zero-order valence-corrected chi connectivity index (χ0v) is 18.9. The molecular weight excluding hydrogens is 388 g/mol. The van der Waals surface area contributed by atoms with Crippen LogP contribution in [0.2, 0.25) is 0 Å². The molecule has 27 heavy (non-hydrogen) atoms. The SMILES string of the molecule is CCCCCCc1ccsc1-c1nnc(-c2sccc2CCCCCC)s1. The Bertz CT molecular complexity index is 735. The van der Waals surface area contributed by atoms with Crippen LogP contribution in [0.1, 0.15) is 76.3 Å². The molecule has 0 fully saturated rings. The molecule has 0 aliphatic carbocycles. The summed E-state index contributed by atoms with van der Waals surface area (Å²) in [4.78, 5) is 2.66. The number of nitrogens with zero attached hydrogens (tertiary/aromatic N) is 2. The number of aryl methyl sites for hydroxylation is 2. The highest BCUT2D eigenvalue weighted by Crippen LogP contribution is 2.38. The Balaban J connectivity index is 1.68. The highest BCUT2D eigenvalue weighted by Gasteiger charge is 2.16. The number of aromatic nitrogens is 2. The molecule has 0 atom stereocenters. The summed E-state index contributed by atoms with van der Waals surface area (Å²) in [5, 5.41) is 15.7. The molecule has 0 amide bonds. The van der Waals surface area contributed by atoms with Gasteiger partial charge in [0.15, 0.2) is 10.0 Å². The van der Waals surface area contributed by atoms with Crippen molar-refractivity contribution in [3.63, 3.8) is 0 Å². The summed E-state index contributed by atoms with van der Waals surface area (Å²) in [7, 11) is 0. The van der Waals surface area contributed by atoms with Gasteiger partial charge in [-0.1, -0.05) is 63.7 Å². The molecule has 0 spiro atoms. The monoisotopic (exact) mass is 418 g/mol. The Hall–Kier alpha value is -1.04. The van der Waals surface area contributed by atoms with Gasteiger partial charge in [-0.2, -0.15) is 0 Å². The van der Waals surface area contributed by atoms with Crippen LogP contribution in [0.15, 0.2) is 22.9 Å². The topological polar surface area (TPSA) is 25.8 Å².